The highest BCUT2D eigenvalue weighted by atomic mass is 32.1. The molecule has 17 heavy (non-hydrogen) atoms. The summed E-state index contributed by atoms with van der Waals surface area (Å²) in [5, 5.41) is 0. The molecule has 1 aromatic heterocycles. The molecule has 3 nitrogen and oxygen atoms in total. The van der Waals surface area contributed by atoms with Crippen LogP contribution in [-0.2, 0) is 0 Å². The quantitative estimate of drug-likeness (QED) is 0.766. The second-order valence-electron chi connectivity index (χ2n) is 4.29. The highest BCUT2D eigenvalue weighted by molar-refractivity contribution is 7.13. The van der Waals surface area contributed by atoms with Crippen LogP contribution >= 0.6 is 11.3 Å². The lowest BCUT2D eigenvalue weighted by atomic mass is 10.3. The molecule has 0 bridgehead atoms. The van der Waals surface area contributed by atoms with E-state index in [1.165, 1.54) is 4.88 Å². The predicted octanol–water partition coefficient (Wildman–Crippen LogP) is 2.00. The molecule has 0 N–H and O–H groups in total. The Morgan fingerprint density at radius 2 is 2.12 bits per heavy atom. The third-order valence-corrected chi connectivity index (χ3v) is 3.99. The molecule has 0 atom stereocenters. The van der Waals surface area contributed by atoms with Gasteiger partial charge in [0.1, 0.15) is 0 Å². The van der Waals surface area contributed by atoms with Crippen molar-refractivity contribution in [2.45, 2.75) is 6.92 Å². The lowest BCUT2D eigenvalue weighted by Crippen LogP contribution is -2.48. The Hall–Kier alpha value is -1.13. The van der Waals surface area contributed by atoms with E-state index in [1.807, 2.05) is 30.0 Å². The van der Waals surface area contributed by atoms with E-state index < -0.39 is 0 Å². The molecule has 0 aliphatic carbocycles. The monoisotopic (exact) mass is 250 g/mol. The first-order valence-electron chi connectivity index (χ1n) is 5.89. The molecule has 1 fully saturated rings. The van der Waals surface area contributed by atoms with Gasteiger partial charge >= 0.3 is 0 Å². The molecule has 0 radical (unpaired) electrons. The number of hydrogen-bond donors (Lipinski definition) is 0. The largest absolute Gasteiger partial charge is 0.335 e. The second-order valence-corrected chi connectivity index (χ2v) is 5.58. The number of hydrogen-bond acceptors (Lipinski definition) is 3. The van der Waals surface area contributed by atoms with Crippen LogP contribution in [0.15, 0.2) is 24.8 Å². The van der Waals surface area contributed by atoms with Crippen molar-refractivity contribution in [3.8, 4) is 0 Å². The lowest BCUT2D eigenvalue weighted by molar-refractivity contribution is 0.0655. The van der Waals surface area contributed by atoms with Gasteiger partial charge in [-0.2, -0.15) is 0 Å². The first-order valence-corrected chi connectivity index (χ1v) is 6.71. The number of piperazine rings is 1. The summed E-state index contributed by atoms with van der Waals surface area (Å²) in [6.45, 7) is 10.2. The van der Waals surface area contributed by atoms with Crippen LogP contribution in [0, 0.1) is 6.92 Å². The van der Waals surface area contributed by atoms with E-state index in [9.17, 15) is 4.79 Å². The Kier molecular flexibility index (Phi) is 3.97. The average molecular weight is 250 g/mol. The summed E-state index contributed by atoms with van der Waals surface area (Å²) < 4.78 is 0. The van der Waals surface area contributed by atoms with Gasteiger partial charge in [-0.05, 0) is 19.1 Å². The van der Waals surface area contributed by atoms with E-state index in [-0.39, 0.29) is 5.91 Å². The van der Waals surface area contributed by atoms with Gasteiger partial charge in [0, 0.05) is 37.6 Å². The Morgan fingerprint density at radius 3 is 2.65 bits per heavy atom. The average Bonchev–Trinajstić information content (AvgIpc) is 2.76. The molecule has 0 saturated carbocycles. The summed E-state index contributed by atoms with van der Waals surface area (Å²) in [4.78, 5) is 18.5. The normalized spacial score (nSPS) is 17.1. The van der Waals surface area contributed by atoms with Gasteiger partial charge in [0.2, 0.25) is 0 Å². The third kappa shape index (κ3) is 2.96. The van der Waals surface area contributed by atoms with Crippen LogP contribution in [-0.4, -0.2) is 48.4 Å². The predicted molar refractivity (Wildman–Crippen MR) is 71.6 cm³/mol. The second kappa shape index (κ2) is 5.47. The molecule has 1 amide bonds. The van der Waals surface area contributed by atoms with Crippen molar-refractivity contribution in [1.29, 1.82) is 0 Å². The van der Waals surface area contributed by atoms with Crippen LogP contribution in [0.3, 0.4) is 0 Å². The van der Waals surface area contributed by atoms with Gasteiger partial charge in [0.25, 0.3) is 5.91 Å². The van der Waals surface area contributed by atoms with Crippen LogP contribution in [0.25, 0.3) is 0 Å². The van der Waals surface area contributed by atoms with Crippen LogP contribution in [0.5, 0.6) is 0 Å². The molecule has 2 heterocycles. The van der Waals surface area contributed by atoms with Crippen molar-refractivity contribution in [2.75, 3.05) is 32.7 Å². The number of carbonyl (C=O) groups excluding carboxylic acids is 1. The molecular formula is C13H18N2OS. The summed E-state index contributed by atoms with van der Waals surface area (Å²) in [5.41, 5.74) is 0. The van der Waals surface area contributed by atoms with E-state index in [0.717, 1.165) is 37.6 Å². The SMILES string of the molecule is C=CCN1CCN(C(=O)c2ccc(C)s2)CC1. The molecule has 2 rings (SSSR count). The Morgan fingerprint density at radius 1 is 1.41 bits per heavy atom. The number of carbonyl (C=O) groups is 1. The number of amides is 1. The number of thiophene rings is 1. The zero-order valence-electron chi connectivity index (χ0n) is 10.2. The minimum absolute atomic E-state index is 0.182. The van der Waals surface area contributed by atoms with Gasteiger partial charge in [-0.25, -0.2) is 0 Å². The summed E-state index contributed by atoms with van der Waals surface area (Å²) in [6.07, 6.45) is 1.92. The van der Waals surface area contributed by atoms with Gasteiger partial charge in [-0.1, -0.05) is 6.08 Å². The van der Waals surface area contributed by atoms with Crippen LogP contribution in [0.1, 0.15) is 14.5 Å². The highest BCUT2D eigenvalue weighted by Gasteiger charge is 2.22. The maximum absolute atomic E-state index is 12.2. The first-order chi connectivity index (χ1) is 8.20. The zero-order valence-corrected chi connectivity index (χ0v) is 11.0. The fourth-order valence-electron chi connectivity index (χ4n) is 2.02. The van der Waals surface area contributed by atoms with Crippen molar-refractivity contribution in [1.82, 2.24) is 9.80 Å². The van der Waals surface area contributed by atoms with Crippen LogP contribution < -0.4 is 0 Å². The van der Waals surface area contributed by atoms with Gasteiger partial charge in [0.05, 0.1) is 4.88 Å². The first kappa shape index (κ1) is 12.3. The molecule has 4 heteroatoms. The van der Waals surface area contributed by atoms with Crippen LogP contribution in [0.4, 0.5) is 0 Å². The molecule has 0 spiro atoms. The van der Waals surface area contributed by atoms with Crippen LogP contribution in [0.2, 0.25) is 0 Å². The van der Waals surface area contributed by atoms with Gasteiger partial charge in [-0.15, -0.1) is 17.9 Å². The van der Waals surface area contributed by atoms with E-state index in [1.54, 1.807) is 11.3 Å². The maximum atomic E-state index is 12.2. The Bertz CT molecular complexity index is 405. The summed E-state index contributed by atoms with van der Waals surface area (Å²) in [7, 11) is 0. The van der Waals surface area contributed by atoms with Crippen molar-refractivity contribution in [2.24, 2.45) is 0 Å². The molecule has 92 valence electrons. The standard InChI is InChI=1S/C13H18N2OS/c1-3-6-14-7-9-15(10-8-14)13(16)12-5-4-11(2)17-12/h3-5H,1,6-10H2,2H3. The number of nitrogens with zero attached hydrogens (tertiary/aromatic N) is 2. The van der Waals surface area contributed by atoms with Crippen molar-refractivity contribution >= 4 is 17.2 Å². The maximum Gasteiger partial charge on any atom is 0.264 e. The minimum Gasteiger partial charge on any atom is -0.335 e. The van der Waals surface area contributed by atoms with Crippen molar-refractivity contribution in [3.05, 3.63) is 34.5 Å². The zero-order chi connectivity index (χ0) is 12.3. The van der Waals surface area contributed by atoms with Crippen molar-refractivity contribution < 1.29 is 4.79 Å². The van der Waals surface area contributed by atoms with E-state index >= 15 is 0 Å². The number of aryl methyl sites for hydroxylation is 1. The van der Waals surface area contributed by atoms with Gasteiger partial charge in [0.15, 0.2) is 0 Å². The summed E-state index contributed by atoms with van der Waals surface area (Å²) >= 11 is 1.58. The smallest absolute Gasteiger partial charge is 0.264 e. The highest BCUT2D eigenvalue weighted by Crippen LogP contribution is 2.18. The minimum atomic E-state index is 0.182. The fourth-order valence-corrected chi connectivity index (χ4v) is 2.86. The molecule has 1 aliphatic heterocycles. The third-order valence-electron chi connectivity index (χ3n) is 3.00. The Labute approximate surface area is 106 Å². The number of rotatable bonds is 3. The van der Waals surface area contributed by atoms with Crippen molar-refractivity contribution in [3.63, 3.8) is 0 Å². The molecule has 1 aliphatic rings. The van der Waals surface area contributed by atoms with Gasteiger partial charge in [-0.3, -0.25) is 9.69 Å². The summed E-state index contributed by atoms with van der Waals surface area (Å²) in [5.74, 6) is 0.182. The fraction of sp³-hybridized carbons (Fsp3) is 0.462. The summed E-state index contributed by atoms with van der Waals surface area (Å²) in [6, 6.07) is 3.93. The van der Waals surface area contributed by atoms with E-state index in [0.29, 0.717) is 0 Å². The molecule has 0 unspecified atom stereocenters. The molecule has 0 aromatic carbocycles. The molecule has 1 saturated heterocycles. The Balaban J connectivity index is 1.92. The lowest BCUT2D eigenvalue weighted by Gasteiger charge is -2.33. The van der Waals surface area contributed by atoms with E-state index in [4.69, 9.17) is 0 Å². The molecular weight excluding hydrogens is 232 g/mol. The molecule has 1 aromatic rings. The topological polar surface area (TPSA) is 23.6 Å². The van der Waals surface area contributed by atoms with Gasteiger partial charge < -0.3 is 4.90 Å². The van der Waals surface area contributed by atoms with E-state index in [2.05, 4.69) is 11.5 Å².